The molecule has 1 atom stereocenters. The van der Waals surface area contributed by atoms with Crippen molar-refractivity contribution in [3.8, 4) is 0 Å². The molecular weight excluding hydrogens is 264 g/mol. The van der Waals surface area contributed by atoms with Crippen LogP contribution in [-0.2, 0) is 4.74 Å². The maximum absolute atomic E-state index is 12.1. The molecule has 19 heavy (non-hydrogen) atoms. The second-order valence-corrected chi connectivity index (χ2v) is 5.19. The summed E-state index contributed by atoms with van der Waals surface area (Å²) in [5.74, 6) is 0.0804. The quantitative estimate of drug-likeness (QED) is 0.677. The highest BCUT2D eigenvalue weighted by Crippen LogP contribution is 2.24. The Morgan fingerprint density at radius 1 is 1.53 bits per heavy atom. The van der Waals surface area contributed by atoms with Crippen LogP contribution in [0.15, 0.2) is 0 Å². The van der Waals surface area contributed by atoms with Gasteiger partial charge in [0.25, 0.3) is 5.91 Å². The first-order valence-electron chi connectivity index (χ1n) is 6.42. The van der Waals surface area contributed by atoms with Gasteiger partial charge < -0.3 is 21.1 Å². The molecule has 0 fully saturated rings. The topological polar surface area (TPSA) is 89.3 Å². The number of carbonyl (C=O) groups is 1. The van der Waals surface area contributed by atoms with Crippen molar-refractivity contribution >= 4 is 28.2 Å². The number of nitrogens with zero attached hydrogens (tertiary/aromatic N) is 1. The highest BCUT2D eigenvalue weighted by atomic mass is 32.1. The van der Waals surface area contributed by atoms with E-state index in [1.54, 1.807) is 7.11 Å². The summed E-state index contributed by atoms with van der Waals surface area (Å²) >= 11 is 1.28. The molecule has 0 spiro atoms. The number of amides is 1. The zero-order valence-corrected chi connectivity index (χ0v) is 12.5. The zero-order chi connectivity index (χ0) is 14.3. The maximum Gasteiger partial charge on any atom is 0.265 e. The van der Waals surface area contributed by atoms with Gasteiger partial charge in [0.1, 0.15) is 10.7 Å². The van der Waals surface area contributed by atoms with Gasteiger partial charge in [0.2, 0.25) is 0 Å². The molecule has 0 bridgehead atoms. The van der Waals surface area contributed by atoms with Gasteiger partial charge in [0, 0.05) is 13.7 Å². The van der Waals surface area contributed by atoms with Gasteiger partial charge in [-0.3, -0.25) is 4.79 Å². The van der Waals surface area contributed by atoms with E-state index < -0.39 is 0 Å². The summed E-state index contributed by atoms with van der Waals surface area (Å²) in [6.07, 6.45) is 1.80. The van der Waals surface area contributed by atoms with Crippen molar-refractivity contribution in [2.75, 3.05) is 31.3 Å². The number of thiazole rings is 1. The van der Waals surface area contributed by atoms with Crippen molar-refractivity contribution in [1.29, 1.82) is 0 Å². The highest BCUT2D eigenvalue weighted by molar-refractivity contribution is 7.18. The minimum Gasteiger partial charge on any atom is -0.383 e. The number of nitrogen functional groups attached to an aromatic ring is 1. The fourth-order valence-electron chi connectivity index (χ4n) is 1.52. The van der Waals surface area contributed by atoms with Crippen LogP contribution in [0, 0.1) is 0 Å². The normalized spacial score (nSPS) is 12.2. The summed E-state index contributed by atoms with van der Waals surface area (Å²) in [5, 5.41) is 6.70. The number of anilines is 2. The molecule has 1 amide bonds. The first kappa shape index (κ1) is 15.7. The Labute approximate surface area is 117 Å². The predicted molar refractivity (Wildman–Crippen MR) is 78.7 cm³/mol. The van der Waals surface area contributed by atoms with Crippen molar-refractivity contribution < 1.29 is 9.53 Å². The Morgan fingerprint density at radius 3 is 2.84 bits per heavy atom. The van der Waals surface area contributed by atoms with Gasteiger partial charge in [-0.25, -0.2) is 4.98 Å². The number of hydrogen-bond donors (Lipinski definition) is 3. The van der Waals surface area contributed by atoms with Crippen LogP contribution in [0.5, 0.6) is 0 Å². The lowest BCUT2D eigenvalue weighted by Gasteiger charge is -2.15. The van der Waals surface area contributed by atoms with Crippen molar-refractivity contribution in [1.82, 2.24) is 10.3 Å². The first-order chi connectivity index (χ1) is 9.12. The van der Waals surface area contributed by atoms with Crippen LogP contribution in [0.2, 0.25) is 0 Å². The Balaban J connectivity index is 2.67. The molecule has 0 aromatic carbocycles. The molecule has 0 radical (unpaired) electrons. The van der Waals surface area contributed by atoms with Crippen LogP contribution in [-0.4, -0.2) is 37.2 Å². The summed E-state index contributed by atoms with van der Waals surface area (Å²) in [6.45, 7) is 5.36. The molecule has 0 aliphatic carbocycles. The third kappa shape index (κ3) is 4.68. The van der Waals surface area contributed by atoms with E-state index in [0.29, 0.717) is 16.6 Å². The number of aromatic nitrogens is 1. The second kappa shape index (κ2) is 7.96. The number of hydrogen-bond acceptors (Lipinski definition) is 6. The minimum atomic E-state index is -0.191. The Hall–Kier alpha value is -1.34. The third-order valence-corrected chi connectivity index (χ3v) is 3.61. The van der Waals surface area contributed by atoms with E-state index in [4.69, 9.17) is 10.5 Å². The summed E-state index contributed by atoms with van der Waals surface area (Å²) in [5.41, 5.74) is 5.77. The van der Waals surface area contributed by atoms with Gasteiger partial charge >= 0.3 is 0 Å². The largest absolute Gasteiger partial charge is 0.383 e. The lowest BCUT2D eigenvalue weighted by atomic mass is 10.2. The van der Waals surface area contributed by atoms with Crippen LogP contribution in [0.25, 0.3) is 0 Å². The van der Waals surface area contributed by atoms with Gasteiger partial charge in [-0.2, -0.15) is 0 Å². The molecule has 0 saturated carbocycles. The standard InChI is InChI=1S/C12H22N4O2S/c1-4-6-14-12-16-10(13)9(19-12)11(17)15-8(5-2)7-18-3/h8H,4-7,13H2,1-3H3,(H,14,16)(H,15,17). The molecule has 1 rings (SSSR count). The molecule has 1 aromatic heterocycles. The van der Waals surface area contributed by atoms with Crippen molar-refractivity contribution in [3.63, 3.8) is 0 Å². The summed E-state index contributed by atoms with van der Waals surface area (Å²) in [4.78, 5) is 16.7. The van der Waals surface area contributed by atoms with Gasteiger partial charge in [-0.15, -0.1) is 0 Å². The van der Waals surface area contributed by atoms with Crippen LogP contribution in [0.3, 0.4) is 0 Å². The number of carbonyl (C=O) groups excluding carboxylic acids is 1. The Bertz CT molecular complexity index is 408. The van der Waals surface area contributed by atoms with Gasteiger partial charge in [0.15, 0.2) is 5.13 Å². The zero-order valence-electron chi connectivity index (χ0n) is 11.7. The minimum absolute atomic E-state index is 0.00829. The molecule has 0 aliphatic heterocycles. The smallest absolute Gasteiger partial charge is 0.265 e. The SMILES string of the molecule is CCCNc1nc(N)c(C(=O)NC(CC)COC)s1. The number of ether oxygens (including phenoxy) is 1. The summed E-state index contributed by atoms with van der Waals surface area (Å²) in [6, 6.07) is -0.00829. The average Bonchev–Trinajstić information content (AvgIpc) is 2.77. The van der Waals surface area contributed by atoms with Crippen molar-refractivity contribution in [2.24, 2.45) is 0 Å². The van der Waals surface area contributed by atoms with E-state index in [0.717, 1.165) is 19.4 Å². The van der Waals surface area contributed by atoms with Crippen molar-refractivity contribution in [2.45, 2.75) is 32.7 Å². The van der Waals surface area contributed by atoms with E-state index in [-0.39, 0.29) is 17.8 Å². The van der Waals surface area contributed by atoms with E-state index in [1.807, 2.05) is 6.92 Å². The fraction of sp³-hybridized carbons (Fsp3) is 0.667. The monoisotopic (exact) mass is 286 g/mol. The Kier molecular flexibility index (Phi) is 6.58. The molecule has 1 unspecified atom stereocenters. The van der Waals surface area contributed by atoms with E-state index in [9.17, 15) is 4.79 Å². The number of nitrogens with two attached hydrogens (primary N) is 1. The highest BCUT2D eigenvalue weighted by Gasteiger charge is 2.18. The van der Waals surface area contributed by atoms with Gasteiger partial charge in [-0.1, -0.05) is 25.2 Å². The van der Waals surface area contributed by atoms with Crippen LogP contribution in [0.1, 0.15) is 36.4 Å². The summed E-state index contributed by atoms with van der Waals surface area (Å²) in [7, 11) is 1.61. The van der Waals surface area contributed by atoms with E-state index in [1.165, 1.54) is 11.3 Å². The molecule has 0 saturated heterocycles. The molecular formula is C12H22N4O2S. The second-order valence-electron chi connectivity index (χ2n) is 4.19. The third-order valence-electron chi connectivity index (χ3n) is 2.58. The number of nitrogens with one attached hydrogen (secondary N) is 2. The molecule has 1 aromatic rings. The van der Waals surface area contributed by atoms with Gasteiger partial charge in [-0.05, 0) is 12.8 Å². The van der Waals surface area contributed by atoms with Crippen molar-refractivity contribution in [3.05, 3.63) is 4.88 Å². The van der Waals surface area contributed by atoms with E-state index in [2.05, 4.69) is 22.5 Å². The molecule has 6 nitrogen and oxygen atoms in total. The molecule has 0 aliphatic rings. The molecule has 108 valence electrons. The lowest BCUT2D eigenvalue weighted by molar-refractivity contribution is 0.0899. The number of methoxy groups -OCH3 is 1. The Morgan fingerprint density at radius 2 is 2.26 bits per heavy atom. The maximum atomic E-state index is 12.1. The van der Waals surface area contributed by atoms with Crippen LogP contribution in [0.4, 0.5) is 10.9 Å². The average molecular weight is 286 g/mol. The fourth-order valence-corrected chi connectivity index (χ4v) is 2.33. The van der Waals surface area contributed by atoms with Crippen LogP contribution >= 0.6 is 11.3 Å². The molecule has 7 heteroatoms. The number of rotatable bonds is 8. The first-order valence-corrected chi connectivity index (χ1v) is 7.23. The van der Waals surface area contributed by atoms with E-state index >= 15 is 0 Å². The molecule has 1 heterocycles. The summed E-state index contributed by atoms with van der Waals surface area (Å²) < 4.78 is 5.05. The lowest BCUT2D eigenvalue weighted by Crippen LogP contribution is -2.37. The predicted octanol–water partition coefficient (Wildman–Crippen LogP) is 1.70. The van der Waals surface area contributed by atoms with Gasteiger partial charge in [0.05, 0.1) is 12.6 Å². The molecule has 4 N–H and O–H groups in total. The van der Waals surface area contributed by atoms with Crippen LogP contribution < -0.4 is 16.4 Å².